The minimum absolute atomic E-state index is 0.116. The molecule has 5 heteroatoms. The molecule has 0 spiro atoms. The summed E-state index contributed by atoms with van der Waals surface area (Å²) in [4.78, 5) is 22.2. The fraction of sp³-hybridized carbons (Fsp3) is 0.208. The third-order valence-electron chi connectivity index (χ3n) is 4.86. The number of benzene rings is 2. The Morgan fingerprint density at radius 3 is 2.66 bits per heavy atom. The van der Waals surface area contributed by atoms with Crippen molar-refractivity contribution in [2.24, 2.45) is 0 Å². The third-order valence-corrected chi connectivity index (χ3v) is 4.86. The molecule has 1 aliphatic rings. The lowest BCUT2D eigenvalue weighted by atomic mass is 9.91. The number of fused-ring (bicyclic) bond motifs is 3. The highest BCUT2D eigenvalue weighted by atomic mass is 16.3. The summed E-state index contributed by atoms with van der Waals surface area (Å²) in [6.45, 7) is 3.98. The van der Waals surface area contributed by atoms with E-state index in [0.29, 0.717) is 11.5 Å². The Bertz CT molecular complexity index is 1100. The van der Waals surface area contributed by atoms with Crippen LogP contribution in [0, 0.1) is 0 Å². The van der Waals surface area contributed by atoms with Gasteiger partial charge in [-0.15, -0.1) is 0 Å². The Morgan fingerprint density at radius 2 is 1.90 bits per heavy atom. The predicted molar refractivity (Wildman–Crippen MR) is 115 cm³/mol. The van der Waals surface area contributed by atoms with Gasteiger partial charge >= 0.3 is 0 Å². The van der Waals surface area contributed by atoms with Crippen molar-refractivity contribution in [2.45, 2.75) is 33.1 Å². The van der Waals surface area contributed by atoms with E-state index < -0.39 is 0 Å². The average Bonchev–Trinajstić information content (AvgIpc) is 2.68. The standard InChI is InChI=1S/C24H23N3O2/c1-15(2)12-21-24(27-22(29)13-16-6-4-3-5-7-16)26-20-11-8-17-14-18(28)9-10-19(17)23(20)25-21/h3-7,9-10,12,14,28H,8,11,13H2,1-2H3,(H,26,27,29). The van der Waals surface area contributed by atoms with Crippen molar-refractivity contribution in [3.8, 4) is 17.0 Å². The van der Waals surface area contributed by atoms with Gasteiger partial charge in [-0.05, 0) is 62.1 Å². The molecule has 1 aliphatic carbocycles. The minimum Gasteiger partial charge on any atom is -0.508 e. The number of phenolic OH excluding ortho intramolecular Hbond substituents is 1. The van der Waals surface area contributed by atoms with E-state index in [0.717, 1.165) is 46.5 Å². The lowest BCUT2D eigenvalue weighted by Gasteiger charge is -2.20. The van der Waals surface area contributed by atoms with Crippen LogP contribution in [0.1, 0.15) is 36.4 Å². The van der Waals surface area contributed by atoms with Gasteiger partial charge in [-0.25, -0.2) is 9.97 Å². The number of rotatable bonds is 4. The van der Waals surface area contributed by atoms with Gasteiger partial charge in [0.25, 0.3) is 0 Å². The summed E-state index contributed by atoms with van der Waals surface area (Å²) >= 11 is 0. The Labute approximate surface area is 170 Å². The van der Waals surface area contributed by atoms with Gasteiger partial charge < -0.3 is 10.4 Å². The summed E-state index contributed by atoms with van der Waals surface area (Å²) in [5.41, 5.74) is 6.40. The van der Waals surface area contributed by atoms with Crippen LogP contribution in [0.2, 0.25) is 0 Å². The molecule has 4 rings (SSSR count). The van der Waals surface area contributed by atoms with E-state index in [-0.39, 0.29) is 18.1 Å². The zero-order chi connectivity index (χ0) is 20.4. The summed E-state index contributed by atoms with van der Waals surface area (Å²) in [5, 5.41) is 12.7. The number of aromatic hydroxyl groups is 1. The van der Waals surface area contributed by atoms with Crippen LogP contribution in [0.25, 0.3) is 17.3 Å². The molecule has 0 radical (unpaired) electrons. The van der Waals surface area contributed by atoms with Crippen molar-refractivity contribution in [3.05, 3.63) is 76.6 Å². The summed E-state index contributed by atoms with van der Waals surface area (Å²) < 4.78 is 0. The number of phenols is 1. The maximum Gasteiger partial charge on any atom is 0.230 e. The Hall–Kier alpha value is -3.47. The highest BCUT2D eigenvalue weighted by Gasteiger charge is 2.22. The van der Waals surface area contributed by atoms with Crippen LogP contribution in [0.5, 0.6) is 5.75 Å². The maximum atomic E-state index is 12.6. The number of aromatic nitrogens is 2. The van der Waals surface area contributed by atoms with E-state index in [4.69, 9.17) is 9.97 Å². The molecule has 0 atom stereocenters. The summed E-state index contributed by atoms with van der Waals surface area (Å²) in [7, 11) is 0. The van der Waals surface area contributed by atoms with Gasteiger partial charge in [-0.3, -0.25) is 4.79 Å². The van der Waals surface area contributed by atoms with Gasteiger partial charge in [-0.1, -0.05) is 35.9 Å². The summed E-state index contributed by atoms with van der Waals surface area (Å²) in [5.74, 6) is 0.637. The van der Waals surface area contributed by atoms with Crippen molar-refractivity contribution in [1.82, 2.24) is 9.97 Å². The second-order valence-electron chi connectivity index (χ2n) is 7.53. The number of allylic oxidation sites excluding steroid dienone is 1. The number of carbonyl (C=O) groups excluding carboxylic acids is 1. The van der Waals surface area contributed by atoms with Crippen LogP contribution in [-0.4, -0.2) is 21.0 Å². The van der Waals surface area contributed by atoms with Gasteiger partial charge in [0, 0.05) is 5.56 Å². The number of anilines is 1. The largest absolute Gasteiger partial charge is 0.508 e. The number of hydrogen-bond acceptors (Lipinski definition) is 4. The molecule has 1 heterocycles. The second kappa shape index (κ2) is 7.87. The molecule has 1 amide bonds. The van der Waals surface area contributed by atoms with Crippen LogP contribution < -0.4 is 5.32 Å². The molecule has 1 aromatic heterocycles. The molecule has 2 aromatic carbocycles. The molecule has 0 saturated carbocycles. The molecule has 5 nitrogen and oxygen atoms in total. The van der Waals surface area contributed by atoms with E-state index in [1.54, 1.807) is 12.1 Å². The Morgan fingerprint density at radius 1 is 1.10 bits per heavy atom. The van der Waals surface area contributed by atoms with Crippen molar-refractivity contribution in [3.63, 3.8) is 0 Å². The molecule has 0 saturated heterocycles. The first-order valence-electron chi connectivity index (χ1n) is 9.71. The second-order valence-corrected chi connectivity index (χ2v) is 7.53. The number of carbonyl (C=O) groups is 1. The lowest BCUT2D eigenvalue weighted by molar-refractivity contribution is -0.115. The highest BCUT2D eigenvalue weighted by molar-refractivity contribution is 5.93. The van der Waals surface area contributed by atoms with Crippen LogP contribution in [0.15, 0.2) is 54.1 Å². The first-order chi connectivity index (χ1) is 14.0. The average molecular weight is 385 g/mol. The van der Waals surface area contributed by atoms with Crippen LogP contribution >= 0.6 is 0 Å². The molecular weight excluding hydrogens is 362 g/mol. The van der Waals surface area contributed by atoms with E-state index >= 15 is 0 Å². The summed E-state index contributed by atoms with van der Waals surface area (Å²) in [6.07, 6.45) is 3.72. The van der Waals surface area contributed by atoms with Crippen LogP contribution in [0.4, 0.5) is 5.82 Å². The number of amides is 1. The van der Waals surface area contributed by atoms with Crippen LogP contribution in [0.3, 0.4) is 0 Å². The number of aryl methyl sites for hydroxylation is 2. The molecule has 146 valence electrons. The Kier molecular flexibility index (Phi) is 5.12. The normalized spacial score (nSPS) is 11.9. The topological polar surface area (TPSA) is 75.1 Å². The van der Waals surface area contributed by atoms with E-state index in [9.17, 15) is 9.90 Å². The zero-order valence-corrected chi connectivity index (χ0v) is 16.6. The minimum atomic E-state index is -0.116. The SMILES string of the molecule is CC(C)=Cc1nc2c(nc1NC(=O)Cc1ccccc1)CCc1cc(O)ccc1-2. The first kappa shape index (κ1) is 18.9. The van der Waals surface area contributed by atoms with E-state index in [2.05, 4.69) is 5.32 Å². The monoisotopic (exact) mass is 385 g/mol. The van der Waals surface area contributed by atoms with Gasteiger partial charge in [0.1, 0.15) is 11.4 Å². The van der Waals surface area contributed by atoms with E-state index in [1.807, 2.05) is 56.3 Å². The molecule has 0 bridgehead atoms. The molecule has 0 unspecified atom stereocenters. The Balaban J connectivity index is 1.70. The highest BCUT2D eigenvalue weighted by Crippen LogP contribution is 2.34. The first-order valence-corrected chi connectivity index (χ1v) is 9.71. The molecule has 3 aromatic rings. The third kappa shape index (κ3) is 4.19. The molecule has 29 heavy (non-hydrogen) atoms. The van der Waals surface area contributed by atoms with Gasteiger partial charge in [0.2, 0.25) is 5.91 Å². The quantitative estimate of drug-likeness (QED) is 0.691. The fourth-order valence-electron chi connectivity index (χ4n) is 3.57. The van der Waals surface area contributed by atoms with Crippen molar-refractivity contribution in [1.29, 1.82) is 0 Å². The number of hydrogen-bond donors (Lipinski definition) is 2. The fourth-order valence-corrected chi connectivity index (χ4v) is 3.57. The summed E-state index contributed by atoms with van der Waals surface area (Å²) in [6, 6.07) is 15.0. The number of nitrogens with one attached hydrogen (secondary N) is 1. The molecule has 0 fully saturated rings. The van der Waals surface area contributed by atoms with Crippen LogP contribution in [-0.2, 0) is 24.1 Å². The van der Waals surface area contributed by atoms with Gasteiger partial charge in [0.15, 0.2) is 5.82 Å². The lowest BCUT2D eigenvalue weighted by Crippen LogP contribution is -2.19. The van der Waals surface area contributed by atoms with Crippen molar-refractivity contribution >= 4 is 17.8 Å². The van der Waals surface area contributed by atoms with Gasteiger partial charge in [-0.2, -0.15) is 0 Å². The van der Waals surface area contributed by atoms with E-state index in [1.165, 1.54) is 0 Å². The molecule has 2 N–H and O–H groups in total. The number of nitrogens with zero attached hydrogens (tertiary/aromatic N) is 2. The zero-order valence-electron chi connectivity index (χ0n) is 16.6. The van der Waals surface area contributed by atoms with Crippen molar-refractivity contribution in [2.75, 3.05) is 5.32 Å². The van der Waals surface area contributed by atoms with Crippen molar-refractivity contribution < 1.29 is 9.90 Å². The molecular formula is C24H23N3O2. The molecule has 0 aliphatic heterocycles. The predicted octanol–water partition coefficient (Wildman–Crippen LogP) is 4.55. The van der Waals surface area contributed by atoms with Gasteiger partial charge in [0.05, 0.1) is 17.8 Å². The maximum absolute atomic E-state index is 12.6. The smallest absolute Gasteiger partial charge is 0.230 e.